The van der Waals surface area contributed by atoms with Crippen molar-refractivity contribution in [3.05, 3.63) is 41.0 Å². The van der Waals surface area contributed by atoms with Crippen LogP contribution in [0.25, 0.3) is 6.08 Å². The third-order valence-corrected chi connectivity index (χ3v) is 4.98. The lowest BCUT2D eigenvalue weighted by molar-refractivity contribution is -0.128. The van der Waals surface area contributed by atoms with Gasteiger partial charge in [0.25, 0.3) is 0 Å². The summed E-state index contributed by atoms with van der Waals surface area (Å²) in [6.07, 6.45) is 1.27. The molecule has 1 heterocycles. The molecule has 1 aromatic rings. The summed E-state index contributed by atoms with van der Waals surface area (Å²) in [5, 5.41) is 33.9. The standard InChI is InChI=1S/C22H29NO6/c1-5-23-16-10-15-7-6-8-17(24)21(27)20(26)13(3)9-12(2)14(4)29-22(28)19(15)18(25)11-16/h6-7,9-12,14,17,21,23-25,27H,5,8H2,1-4H3/b7-6+,13-9-/t12-,14+,17+,21?/m1/s1. The van der Waals surface area contributed by atoms with E-state index in [2.05, 4.69) is 5.32 Å². The number of fused-ring (bicyclic) bond motifs is 1. The number of aliphatic hydroxyl groups excluding tert-OH is 2. The average molecular weight is 403 g/mol. The molecule has 7 nitrogen and oxygen atoms in total. The number of ketones is 1. The zero-order chi connectivity index (χ0) is 21.7. The first kappa shape index (κ1) is 22.6. The molecule has 0 aliphatic carbocycles. The Morgan fingerprint density at radius 3 is 2.55 bits per heavy atom. The number of aromatic hydroxyl groups is 1. The molecule has 158 valence electrons. The molecule has 4 N–H and O–H groups in total. The zero-order valence-electron chi connectivity index (χ0n) is 17.2. The Morgan fingerprint density at radius 1 is 1.21 bits per heavy atom. The monoisotopic (exact) mass is 403 g/mol. The number of rotatable bonds is 2. The number of cyclic esters (lactones) is 1. The minimum Gasteiger partial charge on any atom is -0.507 e. The van der Waals surface area contributed by atoms with E-state index in [0.717, 1.165) is 0 Å². The van der Waals surface area contributed by atoms with Crippen molar-refractivity contribution >= 4 is 23.5 Å². The third kappa shape index (κ3) is 5.46. The number of hydrogen-bond donors (Lipinski definition) is 4. The molecule has 0 radical (unpaired) electrons. The SMILES string of the molecule is CCNc1cc(O)c2c(c1)/C=C/C[C@H](O)C(O)C(=O)/C(C)=C\[C@@H](C)[C@H](C)OC2=O. The van der Waals surface area contributed by atoms with Gasteiger partial charge < -0.3 is 25.4 Å². The number of ether oxygens (including phenoxy) is 1. The first-order chi connectivity index (χ1) is 13.6. The van der Waals surface area contributed by atoms with E-state index in [1.54, 1.807) is 45.1 Å². The van der Waals surface area contributed by atoms with Crippen LogP contribution >= 0.6 is 0 Å². The topological polar surface area (TPSA) is 116 Å². The van der Waals surface area contributed by atoms with Crippen molar-refractivity contribution in [1.29, 1.82) is 0 Å². The highest BCUT2D eigenvalue weighted by atomic mass is 16.5. The van der Waals surface area contributed by atoms with Crippen molar-refractivity contribution in [3.8, 4) is 5.75 Å². The molecular weight excluding hydrogens is 374 g/mol. The van der Waals surface area contributed by atoms with E-state index in [0.29, 0.717) is 17.8 Å². The lowest BCUT2D eigenvalue weighted by Gasteiger charge is -2.21. The molecule has 1 aliphatic rings. The van der Waals surface area contributed by atoms with Crippen LogP contribution in [0.3, 0.4) is 0 Å². The highest BCUT2D eigenvalue weighted by Gasteiger charge is 2.27. The van der Waals surface area contributed by atoms with Crippen molar-refractivity contribution in [2.75, 3.05) is 11.9 Å². The van der Waals surface area contributed by atoms with Crippen LogP contribution < -0.4 is 5.32 Å². The Kier molecular flexibility index (Phi) is 7.59. The Balaban J connectivity index is 2.53. The maximum Gasteiger partial charge on any atom is 0.342 e. The number of nitrogens with one attached hydrogen (secondary N) is 1. The molecule has 1 aliphatic heterocycles. The van der Waals surface area contributed by atoms with Gasteiger partial charge in [-0.2, -0.15) is 0 Å². The van der Waals surface area contributed by atoms with Gasteiger partial charge in [0.2, 0.25) is 0 Å². The maximum absolute atomic E-state index is 12.8. The van der Waals surface area contributed by atoms with E-state index in [1.807, 2.05) is 6.92 Å². The Hall–Kier alpha value is -2.64. The van der Waals surface area contributed by atoms with Crippen LogP contribution in [0.2, 0.25) is 0 Å². The predicted molar refractivity (Wildman–Crippen MR) is 111 cm³/mol. The largest absolute Gasteiger partial charge is 0.507 e. The normalized spacial score (nSPS) is 29.1. The quantitative estimate of drug-likeness (QED) is 0.561. The summed E-state index contributed by atoms with van der Waals surface area (Å²) in [4.78, 5) is 25.1. The van der Waals surface area contributed by atoms with E-state index in [1.165, 1.54) is 6.07 Å². The fourth-order valence-electron chi connectivity index (χ4n) is 3.13. The Bertz CT molecular complexity index is 829. The molecule has 7 heteroatoms. The van der Waals surface area contributed by atoms with Crippen molar-refractivity contribution < 1.29 is 29.6 Å². The van der Waals surface area contributed by atoms with Gasteiger partial charge in [-0.25, -0.2) is 4.79 Å². The first-order valence-corrected chi connectivity index (χ1v) is 9.72. The average Bonchev–Trinajstić information content (AvgIpc) is 2.65. The first-order valence-electron chi connectivity index (χ1n) is 9.72. The van der Waals surface area contributed by atoms with Gasteiger partial charge in [-0.15, -0.1) is 0 Å². The highest BCUT2D eigenvalue weighted by molar-refractivity contribution is 5.99. The molecule has 0 aromatic heterocycles. The van der Waals surface area contributed by atoms with Crippen LogP contribution in [-0.2, 0) is 9.53 Å². The second-order valence-electron chi connectivity index (χ2n) is 7.32. The van der Waals surface area contributed by atoms with Gasteiger partial charge >= 0.3 is 5.97 Å². The van der Waals surface area contributed by atoms with Crippen LogP contribution in [-0.4, -0.2) is 51.9 Å². The van der Waals surface area contributed by atoms with Crippen LogP contribution in [0.4, 0.5) is 5.69 Å². The highest BCUT2D eigenvalue weighted by Crippen LogP contribution is 2.30. The van der Waals surface area contributed by atoms with Crippen LogP contribution in [0.5, 0.6) is 5.75 Å². The van der Waals surface area contributed by atoms with Gasteiger partial charge in [0, 0.05) is 24.2 Å². The smallest absolute Gasteiger partial charge is 0.342 e. The molecule has 0 amide bonds. The van der Waals surface area contributed by atoms with E-state index < -0.39 is 30.1 Å². The fourth-order valence-corrected chi connectivity index (χ4v) is 3.13. The molecule has 29 heavy (non-hydrogen) atoms. The molecule has 1 aromatic carbocycles. The minimum atomic E-state index is -1.55. The van der Waals surface area contributed by atoms with Crippen LogP contribution in [0.15, 0.2) is 29.9 Å². The van der Waals surface area contributed by atoms with Crippen molar-refractivity contribution in [2.45, 2.75) is 52.4 Å². The number of anilines is 1. The summed E-state index contributed by atoms with van der Waals surface area (Å²) in [7, 11) is 0. The van der Waals surface area contributed by atoms with Gasteiger partial charge in [-0.05, 0) is 44.4 Å². The van der Waals surface area contributed by atoms with Crippen LogP contribution in [0.1, 0.15) is 50.0 Å². The number of esters is 1. The molecule has 4 atom stereocenters. The van der Waals surface area contributed by atoms with Crippen molar-refractivity contribution in [3.63, 3.8) is 0 Å². The summed E-state index contributed by atoms with van der Waals surface area (Å²) in [6.45, 7) is 7.54. The van der Waals surface area contributed by atoms with E-state index in [4.69, 9.17) is 4.74 Å². The van der Waals surface area contributed by atoms with Gasteiger partial charge in [0.1, 0.15) is 23.5 Å². The lowest BCUT2D eigenvalue weighted by atomic mass is 9.95. The van der Waals surface area contributed by atoms with E-state index in [9.17, 15) is 24.9 Å². The van der Waals surface area contributed by atoms with Crippen molar-refractivity contribution in [1.82, 2.24) is 0 Å². The van der Waals surface area contributed by atoms with Gasteiger partial charge in [-0.3, -0.25) is 4.79 Å². The molecular formula is C22H29NO6. The van der Waals surface area contributed by atoms with Gasteiger partial charge in [-0.1, -0.05) is 25.2 Å². The fraction of sp³-hybridized carbons (Fsp3) is 0.455. The number of Topliss-reactive ketones (excluding diaryl/α,β-unsaturated/α-hetero) is 1. The maximum atomic E-state index is 12.8. The second-order valence-corrected chi connectivity index (χ2v) is 7.32. The molecule has 0 saturated heterocycles. The molecule has 0 saturated carbocycles. The molecule has 0 fully saturated rings. The number of hydrogen-bond acceptors (Lipinski definition) is 7. The minimum absolute atomic E-state index is 0.00712. The number of carbonyl (C=O) groups excluding carboxylic acids is 2. The predicted octanol–water partition coefficient (Wildman–Crippen LogP) is 2.66. The third-order valence-electron chi connectivity index (χ3n) is 4.98. The van der Waals surface area contributed by atoms with E-state index >= 15 is 0 Å². The number of carbonyl (C=O) groups is 2. The summed E-state index contributed by atoms with van der Waals surface area (Å²) < 4.78 is 5.53. The summed E-state index contributed by atoms with van der Waals surface area (Å²) in [5.74, 6) is -1.79. The number of benzene rings is 1. The van der Waals surface area contributed by atoms with Gasteiger partial charge in [0.15, 0.2) is 5.78 Å². The van der Waals surface area contributed by atoms with Crippen molar-refractivity contribution in [2.24, 2.45) is 5.92 Å². The summed E-state index contributed by atoms with van der Waals surface area (Å²) in [5.41, 5.74) is 1.33. The number of phenols is 1. The van der Waals surface area contributed by atoms with Crippen LogP contribution in [0, 0.1) is 5.92 Å². The molecule has 1 unspecified atom stereocenters. The van der Waals surface area contributed by atoms with Gasteiger partial charge in [0.05, 0.1) is 6.10 Å². The Morgan fingerprint density at radius 2 is 1.90 bits per heavy atom. The second kappa shape index (κ2) is 9.71. The summed E-state index contributed by atoms with van der Waals surface area (Å²) in [6, 6.07) is 3.14. The Labute approximate surface area is 170 Å². The number of phenolic OH excluding ortho intramolecular Hbond substituents is 1. The molecule has 0 bridgehead atoms. The number of aliphatic hydroxyl groups is 2. The molecule has 2 rings (SSSR count). The molecule has 0 spiro atoms. The lowest BCUT2D eigenvalue weighted by Crippen LogP contribution is -2.34. The summed E-state index contributed by atoms with van der Waals surface area (Å²) >= 11 is 0. The van der Waals surface area contributed by atoms with E-state index in [-0.39, 0.29) is 29.2 Å². The zero-order valence-corrected chi connectivity index (χ0v) is 17.2.